The molecule has 0 aliphatic carbocycles. The summed E-state index contributed by atoms with van der Waals surface area (Å²) in [4.78, 5) is 6.77. The van der Waals surface area contributed by atoms with E-state index in [0.717, 1.165) is 48.5 Å². The van der Waals surface area contributed by atoms with Gasteiger partial charge >= 0.3 is 0 Å². The van der Waals surface area contributed by atoms with E-state index >= 15 is 0 Å². The van der Waals surface area contributed by atoms with E-state index in [1.165, 1.54) is 0 Å². The number of benzene rings is 1. The zero-order chi connectivity index (χ0) is 17.2. The van der Waals surface area contributed by atoms with Gasteiger partial charge in [-0.25, -0.2) is 0 Å². The summed E-state index contributed by atoms with van der Waals surface area (Å²) < 4.78 is 0. The lowest BCUT2D eigenvalue weighted by Gasteiger charge is -2.36. The lowest BCUT2D eigenvalue weighted by molar-refractivity contribution is 0.153. The van der Waals surface area contributed by atoms with Gasteiger partial charge in [-0.1, -0.05) is 25.1 Å². The molecular weight excluding hydrogens is 312 g/mol. The molecule has 1 unspecified atom stereocenters. The van der Waals surface area contributed by atoms with Crippen LogP contribution in [0.25, 0.3) is 10.9 Å². The number of hydrogen-bond donors (Lipinski definition) is 1. The van der Waals surface area contributed by atoms with E-state index in [2.05, 4.69) is 27.0 Å². The van der Waals surface area contributed by atoms with Gasteiger partial charge in [0.1, 0.15) is 11.3 Å². The third-order valence-corrected chi connectivity index (χ3v) is 5.13. The van der Waals surface area contributed by atoms with Crippen molar-refractivity contribution in [1.82, 2.24) is 20.1 Å². The van der Waals surface area contributed by atoms with Gasteiger partial charge in [-0.2, -0.15) is 10.2 Å². The van der Waals surface area contributed by atoms with Crippen LogP contribution in [0.4, 0.5) is 0 Å². The number of phenols is 1. The van der Waals surface area contributed by atoms with Gasteiger partial charge in [0.25, 0.3) is 0 Å². The molecule has 0 bridgehead atoms. The Morgan fingerprint density at radius 1 is 1.08 bits per heavy atom. The first kappa shape index (κ1) is 16.0. The maximum atomic E-state index is 10.9. The number of likely N-dealkylation sites (tertiary alicyclic amines) is 1. The summed E-state index contributed by atoms with van der Waals surface area (Å²) >= 11 is 0. The smallest absolute Gasteiger partial charge is 0.146 e. The average Bonchev–Trinajstić information content (AvgIpc) is 2.66. The zero-order valence-electron chi connectivity index (χ0n) is 14.3. The number of piperidine rings is 1. The van der Waals surface area contributed by atoms with Gasteiger partial charge in [-0.15, -0.1) is 0 Å². The first-order valence-electron chi connectivity index (χ1n) is 8.82. The molecule has 1 N–H and O–H groups in total. The monoisotopic (exact) mass is 334 g/mol. The second-order valence-electron chi connectivity index (χ2n) is 6.85. The van der Waals surface area contributed by atoms with Crippen LogP contribution in [-0.4, -0.2) is 38.3 Å². The molecule has 0 radical (unpaired) electrons. The van der Waals surface area contributed by atoms with Crippen LogP contribution >= 0.6 is 0 Å². The first-order chi connectivity index (χ1) is 12.2. The van der Waals surface area contributed by atoms with Crippen LogP contribution in [0.15, 0.2) is 48.8 Å². The first-order valence-corrected chi connectivity index (χ1v) is 8.82. The summed E-state index contributed by atoms with van der Waals surface area (Å²) in [5.41, 5.74) is 2.35. The van der Waals surface area contributed by atoms with E-state index in [1.807, 2.05) is 36.4 Å². The van der Waals surface area contributed by atoms with E-state index in [4.69, 9.17) is 0 Å². The summed E-state index contributed by atoms with van der Waals surface area (Å²) in [5.74, 6) is 0.984. The van der Waals surface area contributed by atoms with E-state index in [0.29, 0.717) is 5.52 Å². The molecule has 0 amide bonds. The lowest BCUT2D eigenvalue weighted by atomic mass is 9.93. The molecule has 25 heavy (non-hydrogen) atoms. The Morgan fingerprint density at radius 2 is 1.88 bits per heavy atom. The average molecular weight is 334 g/mol. The Balaban J connectivity index is 1.82. The van der Waals surface area contributed by atoms with Crippen molar-refractivity contribution >= 4 is 10.9 Å². The van der Waals surface area contributed by atoms with Crippen LogP contribution in [0.3, 0.4) is 0 Å². The van der Waals surface area contributed by atoms with Crippen LogP contribution in [-0.2, 0) is 0 Å². The zero-order valence-corrected chi connectivity index (χ0v) is 14.3. The predicted molar refractivity (Wildman–Crippen MR) is 97.3 cm³/mol. The molecule has 0 spiro atoms. The van der Waals surface area contributed by atoms with Crippen molar-refractivity contribution in [2.45, 2.75) is 25.8 Å². The van der Waals surface area contributed by atoms with Gasteiger partial charge in [0, 0.05) is 23.3 Å². The van der Waals surface area contributed by atoms with Gasteiger partial charge in [-0.05, 0) is 50.0 Å². The number of fused-ring (bicyclic) bond motifs is 1. The molecule has 5 nitrogen and oxygen atoms in total. The van der Waals surface area contributed by atoms with Gasteiger partial charge in [-0.3, -0.25) is 9.88 Å². The molecule has 4 rings (SSSR count). The number of rotatable bonds is 3. The standard InChI is InChI=1S/C20H22N4O/c1-14-8-12-24(13-9-14)19(17-5-3-11-22-23-17)16-7-6-15-4-2-10-21-18(15)20(16)25/h2-7,10-11,14,19,25H,8-9,12-13H2,1H3. The molecule has 1 aliphatic rings. The molecule has 1 aromatic carbocycles. The second-order valence-corrected chi connectivity index (χ2v) is 6.85. The Labute approximate surface area is 147 Å². The van der Waals surface area contributed by atoms with E-state index < -0.39 is 0 Å². The SMILES string of the molecule is CC1CCN(C(c2cccnn2)c2ccc3cccnc3c2O)CC1. The van der Waals surface area contributed by atoms with E-state index in [-0.39, 0.29) is 11.8 Å². The largest absolute Gasteiger partial charge is 0.505 e. The summed E-state index contributed by atoms with van der Waals surface area (Å²) in [6.45, 7) is 4.27. The number of aromatic nitrogens is 3. The number of aromatic hydroxyl groups is 1. The minimum absolute atomic E-state index is 0.104. The Kier molecular flexibility index (Phi) is 4.32. The Bertz CT molecular complexity index is 860. The third-order valence-electron chi connectivity index (χ3n) is 5.13. The number of pyridine rings is 1. The van der Waals surface area contributed by atoms with Crippen molar-refractivity contribution in [3.8, 4) is 5.75 Å². The molecule has 1 atom stereocenters. The van der Waals surface area contributed by atoms with Crippen molar-refractivity contribution in [3.05, 3.63) is 60.0 Å². The topological polar surface area (TPSA) is 62.1 Å². The molecule has 1 fully saturated rings. The molecule has 1 saturated heterocycles. The minimum atomic E-state index is -0.104. The van der Waals surface area contributed by atoms with Crippen LogP contribution in [0.1, 0.15) is 37.1 Å². The van der Waals surface area contributed by atoms with Gasteiger partial charge in [0.2, 0.25) is 0 Å². The molecule has 1 aliphatic heterocycles. The van der Waals surface area contributed by atoms with Gasteiger partial charge in [0.15, 0.2) is 0 Å². The lowest BCUT2D eigenvalue weighted by Crippen LogP contribution is -2.37. The van der Waals surface area contributed by atoms with Crippen LogP contribution in [0.5, 0.6) is 5.75 Å². The molecule has 3 heterocycles. The van der Waals surface area contributed by atoms with Crippen molar-refractivity contribution < 1.29 is 5.11 Å². The third kappa shape index (κ3) is 3.07. The van der Waals surface area contributed by atoms with Gasteiger partial charge < -0.3 is 5.11 Å². The highest BCUT2D eigenvalue weighted by Gasteiger charge is 2.29. The van der Waals surface area contributed by atoms with Crippen LogP contribution < -0.4 is 0 Å². The van der Waals surface area contributed by atoms with Gasteiger partial charge in [0.05, 0.1) is 11.7 Å². The Morgan fingerprint density at radius 3 is 2.64 bits per heavy atom. The number of phenolic OH excluding ortho intramolecular Hbond substituents is 1. The summed E-state index contributed by atoms with van der Waals surface area (Å²) in [7, 11) is 0. The predicted octanol–water partition coefficient (Wildman–Crippen LogP) is 3.55. The molecule has 5 heteroatoms. The molecule has 2 aromatic heterocycles. The minimum Gasteiger partial charge on any atom is -0.505 e. The van der Waals surface area contributed by atoms with Crippen molar-refractivity contribution in [2.75, 3.05) is 13.1 Å². The number of nitrogens with zero attached hydrogens (tertiary/aromatic N) is 4. The summed E-state index contributed by atoms with van der Waals surface area (Å²) in [6, 6.07) is 11.6. The summed E-state index contributed by atoms with van der Waals surface area (Å²) in [5, 5.41) is 20.3. The number of hydrogen-bond acceptors (Lipinski definition) is 5. The molecule has 0 saturated carbocycles. The van der Waals surface area contributed by atoms with Crippen molar-refractivity contribution in [1.29, 1.82) is 0 Å². The van der Waals surface area contributed by atoms with Crippen LogP contribution in [0.2, 0.25) is 0 Å². The Hall–Kier alpha value is -2.53. The summed E-state index contributed by atoms with van der Waals surface area (Å²) in [6.07, 6.45) is 5.71. The maximum absolute atomic E-state index is 10.9. The van der Waals surface area contributed by atoms with Crippen molar-refractivity contribution in [3.63, 3.8) is 0 Å². The fourth-order valence-corrected chi connectivity index (χ4v) is 3.66. The van der Waals surface area contributed by atoms with E-state index in [9.17, 15) is 5.11 Å². The fraction of sp³-hybridized carbons (Fsp3) is 0.350. The highest BCUT2D eigenvalue weighted by Crippen LogP contribution is 2.38. The quantitative estimate of drug-likeness (QED) is 0.793. The fourth-order valence-electron chi connectivity index (χ4n) is 3.66. The molecular formula is C20H22N4O. The normalized spacial score (nSPS) is 17.6. The van der Waals surface area contributed by atoms with Crippen LogP contribution in [0, 0.1) is 5.92 Å². The van der Waals surface area contributed by atoms with Crippen molar-refractivity contribution in [2.24, 2.45) is 5.92 Å². The maximum Gasteiger partial charge on any atom is 0.146 e. The highest BCUT2D eigenvalue weighted by molar-refractivity contribution is 5.85. The second kappa shape index (κ2) is 6.76. The molecule has 128 valence electrons. The molecule has 3 aromatic rings. The van der Waals surface area contributed by atoms with E-state index in [1.54, 1.807) is 12.4 Å². The highest BCUT2D eigenvalue weighted by atomic mass is 16.3.